The lowest BCUT2D eigenvalue weighted by Gasteiger charge is -2.24. The highest BCUT2D eigenvalue weighted by Gasteiger charge is 2.27. The van der Waals surface area contributed by atoms with Gasteiger partial charge in [0.25, 0.3) is 0 Å². The molecule has 3 aromatic rings. The maximum Gasteiger partial charge on any atom is 0.356 e. The molecule has 0 saturated carbocycles. The van der Waals surface area contributed by atoms with Crippen LogP contribution in [0, 0.1) is 0 Å². The van der Waals surface area contributed by atoms with Crippen molar-refractivity contribution in [2.75, 3.05) is 18.0 Å². The van der Waals surface area contributed by atoms with Crippen molar-refractivity contribution in [3.63, 3.8) is 0 Å². The lowest BCUT2D eigenvalue weighted by atomic mass is 9.97. The van der Waals surface area contributed by atoms with Crippen LogP contribution in [0.1, 0.15) is 23.3 Å². The molecule has 0 spiro atoms. The van der Waals surface area contributed by atoms with Crippen molar-refractivity contribution in [3.05, 3.63) is 58.2 Å². The van der Waals surface area contributed by atoms with Gasteiger partial charge in [0.05, 0.1) is 11.2 Å². The molecular weight excluding hydrogens is 371 g/mol. The fraction of sp³-hybridized carbons (Fsp3) is 0.200. The second-order valence-corrected chi connectivity index (χ2v) is 7.23. The normalized spacial score (nSPS) is 14.2. The van der Waals surface area contributed by atoms with E-state index in [1.54, 1.807) is 18.2 Å². The predicted molar refractivity (Wildman–Crippen MR) is 106 cm³/mol. The minimum absolute atomic E-state index is 0.0664. The third-order valence-electron chi connectivity index (χ3n) is 4.66. The number of benzene rings is 2. The average molecular weight is 387 g/mol. The molecule has 1 aromatic heterocycles. The zero-order valence-electron chi connectivity index (χ0n) is 13.9. The number of nitrogens with zero attached hydrogens (tertiary/aromatic N) is 2. The zero-order chi connectivity index (χ0) is 18.3. The van der Waals surface area contributed by atoms with Gasteiger partial charge in [-0.05, 0) is 48.7 Å². The molecule has 1 aliphatic heterocycles. The van der Waals surface area contributed by atoms with E-state index in [0.717, 1.165) is 42.4 Å². The summed E-state index contributed by atoms with van der Waals surface area (Å²) in [6.45, 7) is 1.61. The second kappa shape index (κ2) is 6.78. The Morgan fingerprint density at radius 3 is 2.46 bits per heavy atom. The van der Waals surface area contributed by atoms with Gasteiger partial charge in [-0.25, -0.2) is 9.78 Å². The number of hydrogen-bond donors (Lipinski definition) is 1. The highest BCUT2D eigenvalue weighted by Crippen LogP contribution is 2.41. The topological polar surface area (TPSA) is 53.4 Å². The third-order valence-corrected chi connectivity index (χ3v) is 5.13. The van der Waals surface area contributed by atoms with Gasteiger partial charge in [0.1, 0.15) is 0 Å². The second-order valence-electron chi connectivity index (χ2n) is 6.36. The fourth-order valence-corrected chi connectivity index (χ4v) is 3.92. The molecule has 1 saturated heterocycles. The number of anilines is 1. The van der Waals surface area contributed by atoms with E-state index >= 15 is 0 Å². The summed E-state index contributed by atoms with van der Waals surface area (Å²) < 4.78 is 0. The van der Waals surface area contributed by atoms with E-state index in [4.69, 9.17) is 23.2 Å². The molecule has 0 bridgehead atoms. The van der Waals surface area contributed by atoms with Crippen molar-refractivity contribution in [2.24, 2.45) is 0 Å². The highest BCUT2D eigenvalue weighted by molar-refractivity contribution is 6.32. The largest absolute Gasteiger partial charge is 0.476 e. The lowest BCUT2D eigenvalue weighted by molar-refractivity contribution is 0.0691. The van der Waals surface area contributed by atoms with Gasteiger partial charge in [0.15, 0.2) is 5.69 Å². The Kier molecular flexibility index (Phi) is 4.47. The summed E-state index contributed by atoms with van der Waals surface area (Å²) in [5.74, 6) is -1.04. The van der Waals surface area contributed by atoms with Crippen molar-refractivity contribution < 1.29 is 9.90 Å². The molecule has 6 heteroatoms. The van der Waals surface area contributed by atoms with Crippen LogP contribution >= 0.6 is 23.2 Å². The van der Waals surface area contributed by atoms with E-state index in [1.807, 2.05) is 24.3 Å². The van der Waals surface area contributed by atoms with Crippen LogP contribution in [0.4, 0.5) is 5.69 Å². The van der Waals surface area contributed by atoms with Gasteiger partial charge in [0, 0.05) is 34.1 Å². The standard InChI is InChI=1S/C20H16Cl2N2O2/c21-13-5-3-4-12(10-13)17-15-11-14(22)6-7-16(15)23-18(20(25)26)19(17)24-8-1-2-9-24/h3-7,10-11H,1-2,8-9H2,(H,25,26). The Hall–Kier alpha value is -2.30. The van der Waals surface area contributed by atoms with Gasteiger partial charge in [-0.1, -0.05) is 35.3 Å². The molecule has 4 rings (SSSR count). The van der Waals surface area contributed by atoms with Crippen LogP contribution in [0.2, 0.25) is 10.0 Å². The molecule has 1 fully saturated rings. The maximum atomic E-state index is 12.0. The SMILES string of the molecule is O=C(O)c1nc2ccc(Cl)cc2c(-c2cccc(Cl)c2)c1N1CCCC1. The Morgan fingerprint density at radius 1 is 1.04 bits per heavy atom. The molecule has 26 heavy (non-hydrogen) atoms. The van der Waals surface area contributed by atoms with Crippen molar-refractivity contribution in [1.82, 2.24) is 4.98 Å². The number of carboxylic acids is 1. The fourth-order valence-electron chi connectivity index (χ4n) is 3.56. The first-order valence-corrected chi connectivity index (χ1v) is 9.17. The quantitative estimate of drug-likeness (QED) is 0.644. The average Bonchev–Trinajstić information content (AvgIpc) is 3.14. The first kappa shape index (κ1) is 17.1. The predicted octanol–water partition coefficient (Wildman–Crippen LogP) is 5.51. The van der Waals surface area contributed by atoms with Crippen molar-refractivity contribution in [3.8, 4) is 11.1 Å². The summed E-state index contributed by atoms with van der Waals surface area (Å²) in [7, 11) is 0. The minimum atomic E-state index is -1.04. The van der Waals surface area contributed by atoms with E-state index < -0.39 is 5.97 Å². The van der Waals surface area contributed by atoms with Crippen LogP contribution in [0.25, 0.3) is 22.0 Å². The van der Waals surface area contributed by atoms with Gasteiger partial charge in [-0.2, -0.15) is 0 Å². The molecule has 2 aromatic carbocycles. The Bertz CT molecular complexity index is 1010. The molecule has 0 aliphatic carbocycles. The zero-order valence-corrected chi connectivity index (χ0v) is 15.4. The summed E-state index contributed by atoms with van der Waals surface area (Å²) in [5.41, 5.74) is 2.99. The van der Waals surface area contributed by atoms with E-state index in [1.165, 1.54) is 0 Å². The van der Waals surface area contributed by atoms with E-state index in [-0.39, 0.29) is 5.69 Å². The number of aromatic carboxylic acids is 1. The number of fused-ring (bicyclic) bond motifs is 1. The molecule has 1 N–H and O–H groups in total. The molecule has 0 amide bonds. The summed E-state index contributed by atoms with van der Waals surface area (Å²) >= 11 is 12.5. The van der Waals surface area contributed by atoms with E-state index in [2.05, 4.69) is 9.88 Å². The van der Waals surface area contributed by atoms with Gasteiger partial charge < -0.3 is 10.0 Å². The van der Waals surface area contributed by atoms with Crippen molar-refractivity contribution in [2.45, 2.75) is 12.8 Å². The first-order valence-electron chi connectivity index (χ1n) is 8.42. The van der Waals surface area contributed by atoms with Crippen LogP contribution in [0.5, 0.6) is 0 Å². The van der Waals surface area contributed by atoms with Gasteiger partial charge in [-0.3, -0.25) is 0 Å². The monoisotopic (exact) mass is 386 g/mol. The molecule has 132 valence electrons. The lowest BCUT2D eigenvalue weighted by Crippen LogP contribution is -2.22. The third kappa shape index (κ3) is 3.00. The molecule has 0 unspecified atom stereocenters. The van der Waals surface area contributed by atoms with Crippen LogP contribution in [-0.2, 0) is 0 Å². The van der Waals surface area contributed by atoms with Gasteiger partial charge >= 0.3 is 5.97 Å². The number of hydrogen-bond acceptors (Lipinski definition) is 3. The molecular formula is C20H16Cl2N2O2. The highest BCUT2D eigenvalue weighted by atomic mass is 35.5. The van der Waals surface area contributed by atoms with Crippen LogP contribution in [0.3, 0.4) is 0 Å². The Balaban J connectivity index is 2.14. The number of rotatable bonds is 3. The van der Waals surface area contributed by atoms with Gasteiger partial charge in [0.2, 0.25) is 0 Å². The number of halogens is 2. The number of aromatic nitrogens is 1. The molecule has 2 heterocycles. The summed E-state index contributed by atoms with van der Waals surface area (Å²) in [4.78, 5) is 18.5. The smallest absolute Gasteiger partial charge is 0.356 e. The van der Waals surface area contributed by atoms with E-state index in [9.17, 15) is 9.90 Å². The van der Waals surface area contributed by atoms with Crippen molar-refractivity contribution >= 4 is 45.8 Å². The van der Waals surface area contributed by atoms with Crippen LogP contribution in [-0.4, -0.2) is 29.1 Å². The van der Waals surface area contributed by atoms with Crippen LogP contribution < -0.4 is 4.90 Å². The van der Waals surface area contributed by atoms with Crippen molar-refractivity contribution in [1.29, 1.82) is 0 Å². The molecule has 4 nitrogen and oxygen atoms in total. The van der Waals surface area contributed by atoms with Gasteiger partial charge in [-0.15, -0.1) is 0 Å². The number of carboxylic acid groups (broad SMARTS) is 1. The summed E-state index contributed by atoms with van der Waals surface area (Å²) in [5, 5.41) is 11.8. The first-order chi connectivity index (χ1) is 12.5. The maximum absolute atomic E-state index is 12.0. The number of pyridine rings is 1. The molecule has 1 aliphatic rings. The summed E-state index contributed by atoms with van der Waals surface area (Å²) in [6, 6.07) is 12.8. The summed E-state index contributed by atoms with van der Waals surface area (Å²) in [6.07, 6.45) is 2.06. The Labute approximate surface area is 161 Å². The molecule has 0 atom stereocenters. The Morgan fingerprint density at radius 2 is 1.77 bits per heavy atom. The minimum Gasteiger partial charge on any atom is -0.476 e. The van der Waals surface area contributed by atoms with E-state index in [0.29, 0.717) is 21.2 Å². The molecule has 0 radical (unpaired) electrons. The number of carbonyl (C=O) groups is 1. The van der Waals surface area contributed by atoms with Crippen LogP contribution in [0.15, 0.2) is 42.5 Å².